The van der Waals surface area contributed by atoms with E-state index in [0.29, 0.717) is 23.6 Å². The van der Waals surface area contributed by atoms with E-state index in [1.807, 2.05) is 0 Å². The van der Waals surface area contributed by atoms with E-state index >= 15 is 0 Å². The van der Waals surface area contributed by atoms with Crippen molar-refractivity contribution in [2.24, 2.45) is 0 Å². The summed E-state index contributed by atoms with van der Waals surface area (Å²) < 4.78 is 26.7. The van der Waals surface area contributed by atoms with Gasteiger partial charge in [-0.15, -0.1) is 4.33 Å². The van der Waals surface area contributed by atoms with Crippen molar-refractivity contribution in [2.75, 3.05) is 12.9 Å². The normalized spacial score (nSPS) is 19.8. The summed E-state index contributed by atoms with van der Waals surface area (Å²) in [5.74, 6) is 0.593. The number of methoxy groups -OCH3 is 1. The third-order valence-electron chi connectivity index (χ3n) is 3.44. The minimum atomic E-state index is -0.906. The zero-order valence-corrected chi connectivity index (χ0v) is 14.4. The lowest BCUT2D eigenvalue weighted by atomic mass is 10.2. The zero-order chi connectivity index (χ0) is 17.4. The summed E-state index contributed by atoms with van der Waals surface area (Å²) in [7, 11) is 1.48. The lowest BCUT2D eigenvalue weighted by Gasteiger charge is -2.09. The number of carbonyl (C=O) groups is 1. The first-order chi connectivity index (χ1) is 11.6. The molecule has 1 aromatic carbocycles. The molecule has 1 unspecified atom stereocenters. The van der Waals surface area contributed by atoms with Crippen molar-refractivity contribution in [1.29, 1.82) is 0 Å². The van der Waals surface area contributed by atoms with Crippen molar-refractivity contribution in [3.05, 3.63) is 35.5 Å². The number of ether oxygens (including phenoxy) is 1. The smallest absolute Gasteiger partial charge is 0.303 e. The maximum Gasteiger partial charge on any atom is 0.303 e. The van der Waals surface area contributed by atoms with Gasteiger partial charge in [-0.1, -0.05) is 12.8 Å². The molecule has 2 rings (SSSR count). The molecule has 0 radical (unpaired) electrons. The third-order valence-corrected chi connectivity index (χ3v) is 4.88. The van der Waals surface area contributed by atoms with Crippen LogP contribution in [0, 0.1) is 5.82 Å². The Kier molecular flexibility index (Phi) is 7.20. The molecule has 1 aliphatic heterocycles. The van der Waals surface area contributed by atoms with Crippen LogP contribution in [-0.2, 0) is 14.0 Å². The van der Waals surface area contributed by atoms with Gasteiger partial charge in [0.25, 0.3) is 0 Å². The molecule has 0 bridgehead atoms. The number of rotatable bonds is 9. The van der Waals surface area contributed by atoms with Crippen LogP contribution in [0.2, 0.25) is 0 Å². The predicted octanol–water partition coefficient (Wildman–Crippen LogP) is 3.55. The summed E-state index contributed by atoms with van der Waals surface area (Å²) >= 11 is -0.906. The molecule has 1 fully saturated rings. The van der Waals surface area contributed by atoms with Crippen LogP contribution in [0.1, 0.15) is 37.7 Å². The second-order valence-electron chi connectivity index (χ2n) is 5.32. The number of nitrogens with one attached hydrogen (secondary N) is 1. The monoisotopic (exact) mass is 359 g/mol. The number of unbranched alkanes of at least 4 members (excludes halogenated alkanes) is 3. The molecule has 0 amide bonds. The average Bonchev–Trinajstić information content (AvgIpc) is 2.99. The maximum absolute atomic E-state index is 13.2. The van der Waals surface area contributed by atoms with Crippen molar-refractivity contribution in [2.45, 2.75) is 32.1 Å². The van der Waals surface area contributed by atoms with Crippen LogP contribution in [0.3, 0.4) is 0 Å². The number of carboxylic acid groups (broad SMARTS) is 1. The lowest BCUT2D eigenvalue weighted by molar-refractivity contribution is -0.137. The highest BCUT2D eigenvalue weighted by Gasteiger charge is 2.18. The van der Waals surface area contributed by atoms with Crippen LogP contribution in [0.25, 0.3) is 6.08 Å². The fourth-order valence-corrected chi connectivity index (χ4v) is 3.48. The third kappa shape index (κ3) is 5.93. The van der Waals surface area contributed by atoms with Gasteiger partial charge in [0.2, 0.25) is 5.88 Å². The minimum Gasteiger partial charge on any atom is -0.496 e. The molecule has 1 atom stereocenters. The summed E-state index contributed by atoms with van der Waals surface area (Å²) in [5.41, 5.74) is 0.690. The van der Waals surface area contributed by atoms with Gasteiger partial charge in [-0.25, -0.2) is 4.39 Å². The van der Waals surface area contributed by atoms with E-state index in [2.05, 4.69) is 4.72 Å². The molecular formula is C16H22FNO5S. The van der Waals surface area contributed by atoms with Gasteiger partial charge >= 0.3 is 5.97 Å². The summed E-state index contributed by atoms with van der Waals surface area (Å²) in [4.78, 5) is 15.6. The van der Waals surface area contributed by atoms with Gasteiger partial charge in [0.05, 0.1) is 7.11 Å². The molecular weight excluding hydrogens is 337 g/mol. The van der Waals surface area contributed by atoms with Crippen LogP contribution >= 0.6 is 11.4 Å². The van der Waals surface area contributed by atoms with Gasteiger partial charge in [0, 0.05) is 29.9 Å². The molecule has 1 saturated heterocycles. The fraction of sp³-hybridized carbons (Fsp3) is 0.438. The standard InChI is InChI=1S/C16H22FNO5S/c1-21-14-11-13(17)8-7-12(14)10-15-18-24(23-22-15)9-5-3-2-4-6-16(19)20/h7-8,10-11,18,24H,2-6,9H2,1H3,(H,19,20)/b15-10-. The van der Waals surface area contributed by atoms with E-state index < -0.39 is 17.3 Å². The maximum atomic E-state index is 13.2. The van der Waals surface area contributed by atoms with E-state index in [0.717, 1.165) is 25.0 Å². The number of hydrogen-bond donors (Lipinski definition) is 3. The summed E-state index contributed by atoms with van der Waals surface area (Å²) in [6.07, 6.45) is 5.42. The largest absolute Gasteiger partial charge is 0.496 e. The molecule has 0 aromatic heterocycles. The van der Waals surface area contributed by atoms with Crippen molar-refractivity contribution in [3.63, 3.8) is 0 Å². The lowest BCUT2D eigenvalue weighted by Crippen LogP contribution is -2.04. The summed E-state index contributed by atoms with van der Waals surface area (Å²) in [6.45, 7) is 0. The number of benzene rings is 1. The first-order valence-electron chi connectivity index (χ1n) is 7.74. The van der Waals surface area contributed by atoms with Crippen LogP contribution in [0.5, 0.6) is 5.75 Å². The molecule has 2 N–H and O–H groups in total. The van der Waals surface area contributed by atoms with Gasteiger partial charge < -0.3 is 14.7 Å². The number of aliphatic carboxylic acids is 1. The Labute approximate surface area is 143 Å². The quantitative estimate of drug-likeness (QED) is 0.356. The van der Waals surface area contributed by atoms with Gasteiger partial charge in [0.1, 0.15) is 11.6 Å². The highest BCUT2D eigenvalue weighted by Crippen LogP contribution is 2.34. The number of halogens is 1. The molecule has 134 valence electrons. The zero-order valence-electron chi connectivity index (χ0n) is 13.5. The minimum absolute atomic E-state index is 0.221. The van der Waals surface area contributed by atoms with E-state index in [1.54, 1.807) is 12.1 Å². The molecule has 0 spiro atoms. The molecule has 0 aliphatic carbocycles. The van der Waals surface area contributed by atoms with Crippen molar-refractivity contribution < 1.29 is 28.2 Å². The molecule has 0 saturated carbocycles. The van der Waals surface area contributed by atoms with Crippen molar-refractivity contribution >= 4 is 23.4 Å². The first kappa shape index (κ1) is 18.4. The molecule has 1 heterocycles. The Morgan fingerprint density at radius 3 is 2.92 bits per heavy atom. The average molecular weight is 359 g/mol. The Morgan fingerprint density at radius 2 is 2.17 bits per heavy atom. The van der Waals surface area contributed by atoms with E-state index in [9.17, 15) is 9.18 Å². The molecule has 1 aromatic rings. The van der Waals surface area contributed by atoms with Gasteiger partial charge in [0.15, 0.2) is 0 Å². The Bertz CT molecular complexity index is 596. The van der Waals surface area contributed by atoms with E-state index in [4.69, 9.17) is 19.1 Å². The highest BCUT2D eigenvalue weighted by molar-refractivity contribution is 8.11. The summed E-state index contributed by atoms with van der Waals surface area (Å²) in [5, 5.41) is 8.57. The second kappa shape index (κ2) is 9.39. The van der Waals surface area contributed by atoms with Gasteiger partial charge in [-0.3, -0.25) is 9.52 Å². The van der Waals surface area contributed by atoms with Gasteiger partial charge in [-0.05, 0) is 36.3 Å². The Balaban J connectivity index is 1.75. The predicted molar refractivity (Wildman–Crippen MR) is 90.8 cm³/mol. The second-order valence-corrected chi connectivity index (χ2v) is 6.90. The van der Waals surface area contributed by atoms with Crippen molar-refractivity contribution in [3.8, 4) is 5.75 Å². The fourth-order valence-electron chi connectivity index (χ4n) is 2.23. The van der Waals surface area contributed by atoms with E-state index in [-0.39, 0.29) is 12.2 Å². The van der Waals surface area contributed by atoms with Crippen LogP contribution in [-0.4, -0.2) is 23.9 Å². The molecule has 24 heavy (non-hydrogen) atoms. The van der Waals surface area contributed by atoms with Crippen LogP contribution in [0.4, 0.5) is 4.39 Å². The Hall–Kier alpha value is -1.93. The number of thiol groups is 1. The Morgan fingerprint density at radius 1 is 1.38 bits per heavy atom. The number of carboxylic acids is 1. The highest BCUT2D eigenvalue weighted by atomic mass is 32.2. The van der Waals surface area contributed by atoms with Gasteiger partial charge in [-0.2, -0.15) is 0 Å². The first-order valence-corrected chi connectivity index (χ1v) is 9.19. The summed E-state index contributed by atoms with van der Waals surface area (Å²) in [6, 6.07) is 4.27. The topological polar surface area (TPSA) is 77.0 Å². The van der Waals surface area contributed by atoms with Crippen LogP contribution in [0.15, 0.2) is 24.1 Å². The molecule has 1 aliphatic rings. The molecule has 6 nitrogen and oxygen atoms in total. The van der Waals surface area contributed by atoms with Crippen LogP contribution < -0.4 is 9.46 Å². The SMILES string of the molecule is COc1cc(F)ccc1/C=C1/N[SH](CCCCCCC(=O)O)OO1. The number of hydrogen-bond acceptors (Lipinski definition) is 5. The molecule has 8 heteroatoms. The van der Waals surface area contributed by atoms with E-state index in [1.165, 1.54) is 19.2 Å². The van der Waals surface area contributed by atoms with Crippen molar-refractivity contribution in [1.82, 2.24) is 4.72 Å².